The first-order chi connectivity index (χ1) is 8.87. The first-order valence-corrected chi connectivity index (χ1v) is 8.24. The largest absolute Gasteiger partial charge is 0.394 e. The Morgan fingerprint density at radius 1 is 1.21 bits per heavy atom. The van der Waals surface area contributed by atoms with Gasteiger partial charge in [-0.1, -0.05) is 13.8 Å². The molecule has 2 N–H and O–H groups in total. The van der Waals surface area contributed by atoms with E-state index in [-0.39, 0.29) is 17.9 Å². The number of sulfone groups is 1. The Kier molecular flexibility index (Phi) is 5.38. The highest BCUT2D eigenvalue weighted by molar-refractivity contribution is 7.91. The second-order valence-electron chi connectivity index (χ2n) is 5.04. The molecule has 1 unspecified atom stereocenters. The van der Waals surface area contributed by atoms with E-state index in [1.54, 1.807) is 24.3 Å². The second kappa shape index (κ2) is 6.39. The fraction of sp³-hybridized carbons (Fsp3) is 0.571. The Labute approximate surface area is 115 Å². The van der Waals surface area contributed by atoms with Gasteiger partial charge in [-0.2, -0.15) is 0 Å². The number of benzene rings is 1. The fourth-order valence-corrected chi connectivity index (χ4v) is 3.04. The minimum atomic E-state index is -3.16. The molecule has 0 aliphatic rings. The molecule has 0 radical (unpaired) electrons. The summed E-state index contributed by atoms with van der Waals surface area (Å²) < 4.78 is 23.8. The van der Waals surface area contributed by atoms with Crippen molar-refractivity contribution in [1.29, 1.82) is 0 Å². The second-order valence-corrected chi connectivity index (χ2v) is 7.15. The lowest BCUT2D eigenvalue weighted by molar-refractivity contribution is 0.219. The molecule has 0 heterocycles. The van der Waals surface area contributed by atoms with Crippen molar-refractivity contribution < 1.29 is 13.5 Å². The van der Waals surface area contributed by atoms with Crippen LogP contribution in [0.1, 0.15) is 33.6 Å². The van der Waals surface area contributed by atoms with E-state index < -0.39 is 9.84 Å². The van der Waals surface area contributed by atoms with E-state index in [1.807, 2.05) is 20.8 Å². The van der Waals surface area contributed by atoms with Crippen molar-refractivity contribution in [3.63, 3.8) is 0 Å². The van der Waals surface area contributed by atoms with E-state index in [1.165, 1.54) is 0 Å². The Balaban J connectivity index is 2.89. The van der Waals surface area contributed by atoms with Crippen LogP contribution in [0.3, 0.4) is 0 Å². The molecule has 5 heteroatoms. The number of anilines is 1. The highest BCUT2D eigenvalue weighted by Crippen LogP contribution is 2.20. The van der Waals surface area contributed by atoms with Crippen molar-refractivity contribution in [2.75, 3.05) is 17.7 Å². The Bertz CT molecular complexity index is 490. The van der Waals surface area contributed by atoms with Gasteiger partial charge >= 0.3 is 0 Å². The zero-order valence-corrected chi connectivity index (χ0v) is 12.6. The van der Waals surface area contributed by atoms with Gasteiger partial charge in [0.05, 0.1) is 22.8 Å². The van der Waals surface area contributed by atoms with Gasteiger partial charge in [-0.25, -0.2) is 8.42 Å². The summed E-state index contributed by atoms with van der Waals surface area (Å²) in [6.07, 6.45) is 1.39. The average molecular weight is 285 g/mol. The molecule has 0 aliphatic heterocycles. The average Bonchev–Trinajstić information content (AvgIpc) is 2.39. The molecule has 1 rings (SSSR count). The molecule has 0 aliphatic carbocycles. The zero-order chi connectivity index (χ0) is 14.5. The first-order valence-electron chi connectivity index (χ1n) is 6.59. The van der Waals surface area contributed by atoms with Crippen LogP contribution in [0.15, 0.2) is 29.2 Å². The van der Waals surface area contributed by atoms with Crippen LogP contribution in [-0.4, -0.2) is 31.4 Å². The lowest BCUT2D eigenvalue weighted by Gasteiger charge is -2.28. The highest BCUT2D eigenvalue weighted by atomic mass is 32.2. The van der Waals surface area contributed by atoms with Gasteiger partial charge in [0.1, 0.15) is 0 Å². The van der Waals surface area contributed by atoms with Crippen LogP contribution < -0.4 is 5.32 Å². The Hall–Kier alpha value is -1.07. The van der Waals surface area contributed by atoms with Crippen LogP contribution in [0.25, 0.3) is 0 Å². The van der Waals surface area contributed by atoms with Gasteiger partial charge in [0, 0.05) is 5.69 Å². The maximum atomic E-state index is 11.9. The van der Waals surface area contributed by atoms with E-state index in [9.17, 15) is 13.5 Å². The van der Waals surface area contributed by atoms with Crippen molar-refractivity contribution >= 4 is 15.5 Å². The summed E-state index contributed by atoms with van der Waals surface area (Å²) in [6.45, 7) is 5.79. The van der Waals surface area contributed by atoms with Gasteiger partial charge in [-0.15, -0.1) is 0 Å². The first kappa shape index (κ1) is 16.0. The predicted molar refractivity (Wildman–Crippen MR) is 78.2 cm³/mol. The maximum Gasteiger partial charge on any atom is 0.178 e. The monoisotopic (exact) mass is 285 g/mol. The number of aliphatic hydroxyl groups is 1. The summed E-state index contributed by atoms with van der Waals surface area (Å²) in [4.78, 5) is 0.349. The van der Waals surface area contributed by atoms with E-state index in [0.717, 1.165) is 12.1 Å². The molecule has 0 saturated heterocycles. The molecule has 108 valence electrons. The topological polar surface area (TPSA) is 66.4 Å². The van der Waals surface area contributed by atoms with Gasteiger partial charge in [0.15, 0.2) is 9.84 Å². The van der Waals surface area contributed by atoms with Crippen LogP contribution in [0, 0.1) is 0 Å². The molecular formula is C14H23NO3S. The van der Waals surface area contributed by atoms with Crippen LogP contribution in [-0.2, 0) is 9.84 Å². The van der Waals surface area contributed by atoms with Gasteiger partial charge in [0.2, 0.25) is 0 Å². The van der Waals surface area contributed by atoms with E-state index in [0.29, 0.717) is 11.3 Å². The van der Waals surface area contributed by atoms with Crippen molar-refractivity contribution in [3.8, 4) is 0 Å². The zero-order valence-electron chi connectivity index (χ0n) is 11.8. The van der Waals surface area contributed by atoms with Gasteiger partial charge in [-0.3, -0.25) is 0 Å². The molecular weight excluding hydrogens is 262 g/mol. The van der Waals surface area contributed by atoms with Gasteiger partial charge in [-0.05, 0) is 44.0 Å². The van der Waals surface area contributed by atoms with Gasteiger partial charge in [0.25, 0.3) is 0 Å². The van der Waals surface area contributed by atoms with Crippen molar-refractivity contribution in [2.24, 2.45) is 0 Å². The van der Waals surface area contributed by atoms with Crippen LogP contribution in [0.4, 0.5) is 5.69 Å². The number of rotatable bonds is 7. The standard InChI is InChI=1S/C14H23NO3S/c1-4-10-19(17,18)13-8-6-12(7-9-13)15-14(3,5-2)11-16/h6-9,15-16H,4-5,10-11H2,1-3H3. The molecule has 1 atom stereocenters. The third-order valence-corrected chi connectivity index (χ3v) is 5.20. The van der Waals surface area contributed by atoms with Crippen LogP contribution >= 0.6 is 0 Å². The minimum Gasteiger partial charge on any atom is -0.394 e. The summed E-state index contributed by atoms with van der Waals surface area (Å²) in [6, 6.07) is 6.71. The third-order valence-electron chi connectivity index (χ3n) is 3.26. The maximum absolute atomic E-state index is 11.9. The lowest BCUT2D eigenvalue weighted by atomic mass is 10.00. The minimum absolute atomic E-state index is 0.0272. The quantitative estimate of drug-likeness (QED) is 0.807. The molecule has 0 bridgehead atoms. The number of aliphatic hydroxyl groups excluding tert-OH is 1. The smallest absolute Gasteiger partial charge is 0.178 e. The molecule has 0 amide bonds. The molecule has 1 aromatic rings. The van der Waals surface area contributed by atoms with Crippen molar-refractivity contribution in [2.45, 2.75) is 44.0 Å². The molecule has 0 fully saturated rings. The Morgan fingerprint density at radius 3 is 2.21 bits per heavy atom. The summed E-state index contributed by atoms with van der Waals surface area (Å²) in [5, 5.41) is 12.6. The van der Waals surface area contributed by atoms with E-state index in [4.69, 9.17) is 0 Å². The van der Waals surface area contributed by atoms with E-state index >= 15 is 0 Å². The number of hydrogen-bond acceptors (Lipinski definition) is 4. The Morgan fingerprint density at radius 2 is 1.79 bits per heavy atom. The molecule has 0 saturated carbocycles. The molecule has 4 nitrogen and oxygen atoms in total. The highest BCUT2D eigenvalue weighted by Gasteiger charge is 2.20. The van der Waals surface area contributed by atoms with E-state index in [2.05, 4.69) is 5.32 Å². The third kappa shape index (κ3) is 4.21. The van der Waals surface area contributed by atoms with Crippen LogP contribution in [0.2, 0.25) is 0 Å². The summed E-state index contributed by atoms with van der Waals surface area (Å²) >= 11 is 0. The van der Waals surface area contributed by atoms with Crippen LogP contribution in [0.5, 0.6) is 0 Å². The normalized spacial score (nSPS) is 14.9. The molecule has 19 heavy (non-hydrogen) atoms. The van der Waals surface area contributed by atoms with Crippen molar-refractivity contribution in [1.82, 2.24) is 0 Å². The summed E-state index contributed by atoms with van der Waals surface area (Å²) in [5.41, 5.74) is 0.429. The molecule has 0 aromatic heterocycles. The van der Waals surface area contributed by atoms with Gasteiger partial charge < -0.3 is 10.4 Å². The lowest BCUT2D eigenvalue weighted by Crippen LogP contribution is -2.37. The van der Waals surface area contributed by atoms with Crippen molar-refractivity contribution in [3.05, 3.63) is 24.3 Å². The fourth-order valence-electron chi connectivity index (χ4n) is 1.72. The summed E-state index contributed by atoms with van der Waals surface area (Å²) in [7, 11) is -3.16. The summed E-state index contributed by atoms with van der Waals surface area (Å²) in [5.74, 6) is 0.170. The molecule has 0 spiro atoms. The number of hydrogen-bond donors (Lipinski definition) is 2. The predicted octanol–water partition coefficient (Wildman–Crippen LogP) is 2.44. The molecule has 1 aromatic carbocycles. The SMILES string of the molecule is CCCS(=O)(=O)c1ccc(NC(C)(CC)CO)cc1. The number of nitrogens with one attached hydrogen (secondary N) is 1.